The minimum Gasteiger partial charge on any atom is -0.347 e. The average molecular weight is 303 g/mol. The maximum Gasteiger partial charge on any atom is 0.251 e. The number of hydrogen-bond donors (Lipinski definition) is 3. The van der Waals surface area contributed by atoms with E-state index in [1.54, 1.807) is 24.3 Å². The van der Waals surface area contributed by atoms with Crippen molar-refractivity contribution in [1.29, 1.82) is 0 Å². The van der Waals surface area contributed by atoms with Crippen LogP contribution in [0, 0.1) is 5.92 Å². The molecule has 0 saturated heterocycles. The number of amides is 2. The minimum absolute atomic E-state index is 0.0625. The molecule has 2 rings (SSSR count). The van der Waals surface area contributed by atoms with Gasteiger partial charge < -0.3 is 16.0 Å². The van der Waals surface area contributed by atoms with Crippen LogP contribution in [0.25, 0.3) is 0 Å². The highest BCUT2D eigenvalue weighted by molar-refractivity contribution is 5.96. The van der Waals surface area contributed by atoms with Crippen LogP contribution in [0.1, 0.15) is 44.0 Å². The Bertz CT molecular complexity index is 528. The molecule has 0 aliphatic heterocycles. The van der Waals surface area contributed by atoms with Gasteiger partial charge in [0.15, 0.2) is 0 Å². The highest BCUT2D eigenvalue weighted by Crippen LogP contribution is 2.27. The molecule has 0 unspecified atom stereocenters. The van der Waals surface area contributed by atoms with E-state index >= 15 is 0 Å². The summed E-state index contributed by atoms with van der Waals surface area (Å²) in [6.07, 6.45) is 2.54. The Morgan fingerprint density at radius 1 is 1.14 bits per heavy atom. The standard InChI is InChI=1S/C17H25N3O2/c1-17(2,3)20-16(22)13-6-8-14(9-7-13)19-15(21)11-18-10-12-4-5-12/h6-9,12,18H,4-5,10-11H2,1-3H3,(H,19,21)(H,20,22). The van der Waals surface area contributed by atoms with Crippen molar-refractivity contribution in [3.63, 3.8) is 0 Å². The molecule has 0 atom stereocenters. The quantitative estimate of drug-likeness (QED) is 0.754. The topological polar surface area (TPSA) is 70.2 Å². The molecule has 5 heteroatoms. The highest BCUT2D eigenvalue weighted by Gasteiger charge is 2.20. The molecule has 2 amide bonds. The van der Waals surface area contributed by atoms with E-state index in [-0.39, 0.29) is 17.4 Å². The van der Waals surface area contributed by atoms with Gasteiger partial charge in [-0.25, -0.2) is 0 Å². The van der Waals surface area contributed by atoms with Gasteiger partial charge in [0, 0.05) is 16.8 Å². The molecule has 1 saturated carbocycles. The van der Waals surface area contributed by atoms with E-state index in [1.807, 2.05) is 20.8 Å². The lowest BCUT2D eigenvalue weighted by atomic mass is 10.1. The minimum atomic E-state index is -0.267. The summed E-state index contributed by atoms with van der Waals surface area (Å²) in [5, 5.41) is 8.87. The van der Waals surface area contributed by atoms with Crippen molar-refractivity contribution in [2.24, 2.45) is 5.92 Å². The number of carbonyl (C=O) groups excluding carboxylic acids is 2. The van der Waals surface area contributed by atoms with Crippen molar-refractivity contribution in [3.8, 4) is 0 Å². The zero-order chi connectivity index (χ0) is 16.2. The van der Waals surface area contributed by atoms with E-state index in [2.05, 4.69) is 16.0 Å². The third-order valence-electron chi connectivity index (χ3n) is 3.33. The lowest BCUT2D eigenvalue weighted by Gasteiger charge is -2.20. The first-order valence-corrected chi connectivity index (χ1v) is 7.77. The number of benzene rings is 1. The molecular formula is C17H25N3O2. The van der Waals surface area contributed by atoms with Crippen LogP contribution in [0.4, 0.5) is 5.69 Å². The summed E-state index contributed by atoms with van der Waals surface area (Å²) in [5.41, 5.74) is 1.02. The highest BCUT2D eigenvalue weighted by atomic mass is 16.2. The molecule has 3 N–H and O–H groups in total. The Hall–Kier alpha value is -1.88. The maximum absolute atomic E-state index is 12.0. The third kappa shape index (κ3) is 5.85. The second kappa shape index (κ2) is 6.92. The fourth-order valence-corrected chi connectivity index (χ4v) is 2.03. The van der Waals surface area contributed by atoms with Gasteiger partial charge in [0.25, 0.3) is 5.91 Å². The Balaban J connectivity index is 1.80. The van der Waals surface area contributed by atoms with Crippen molar-refractivity contribution in [2.75, 3.05) is 18.4 Å². The largest absolute Gasteiger partial charge is 0.347 e. The Morgan fingerprint density at radius 2 is 1.77 bits per heavy atom. The van der Waals surface area contributed by atoms with E-state index in [0.717, 1.165) is 12.5 Å². The van der Waals surface area contributed by atoms with Gasteiger partial charge in [-0.15, -0.1) is 0 Å². The number of hydrogen-bond acceptors (Lipinski definition) is 3. The first-order chi connectivity index (χ1) is 10.3. The number of anilines is 1. The van der Waals surface area contributed by atoms with E-state index < -0.39 is 0 Å². The Morgan fingerprint density at radius 3 is 2.32 bits per heavy atom. The van der Waals surface area contributed by atoms with Crippen molar-refractivity contribution >= 4 is 17.5 Å². The predicted octanol–water partition coefficient (Wildman–Crippen LogP) is 2.15. The van der Waals surface area contributed by atoms with Crippen LogP contribution >= 0.6 is 0 Å². The maximum atomic E-state index is 12.0. The molecule has 0 bridgehead atoms. The summed E-state index contributed by atoms with van der Waals surface area (Å²) in [7, 11) is 0. The van der Waals surface area contributed by atoms with E-state index in [1.165, 1.54) is 12.8 Å². The van der Waals surface area contributed by atoms with Gasteiger partial charge in [0.1, 0.15) is 0 Å². The molecule has 0 heterocycles. The van der Waals surface area contributed by atoms with Crippen LogP contribution in [0.2, 0.25) is 0 Å². The zero-order valence-electron chi connectivity index (χ0n) is 13.5. The summed E-state index contributed by atoms with van der Waals surface area (Å²) >= 11 is 0. The first kappa shape index (κ1) is 16.5. The van der Waals surface area contributed by atoms with Crippen molar-refractivity contribution in [3.05, 3.63) is 29.8 Å². The SMILES string of the molecule is CC(C)(C)NC(=O)c1ccc(NC(=O)CNCC2CC2)cc1. The van der Waals surface area contributed by atoms with Crippen LogP contribution in [0.15, 0.2) is 24.3 Å². The summed E-state index contributed by atoms with van der Waals surface area (Å²) in [6, 6.07) is 6.93. The van der Waals surface area contributed by atoms with Gasteiger partial charge in [0.05, 0.1) is 6.54 Å². The van der Waals surface area contributed by atoms with Crippen LogP contribution < -0.4 is 16.0 Å². The summed E-state index contributed by atoms with van der Waals surface area (Å²) in [6.45, 7) is 7.05. The van der Waals surface area contributed by atoms with Crippen LogP contribution in [-0.2, 0) is 4.79 Å². The van der Waals surface area contributed by atoms with Crippen molar-refractivity contribution < 1.29 is 9.59 Å². The Labute approximate surface area is 131 Å². The molecule has 1 aromatic carbocycles. The first-order valence-electron chi connectivity index (χ1n) is 7.77. The lowest BCUT2D eigenvalue weighted by molar-refractivity contribution is -0.115. The number of nitrogens with one attached hydrogen (secondary N) is 3. The van der Waals surface area contributed by atoms with Crippen molar-refractivity contribution in [1.82, 2.24) is 10.6 Å². The zero-order valence-corrected chi connectivity index (χ0v) is 13.5. The van der Waals surface area contributed by atoms with Crippen molar-refractivity contribution in [2.45, 2.75) is 39.2 Å². The third-order valence-corrected chi connectivity index (χ3v) is 3.33. The molecule has 0 radical (unpaired) electrons. The molecule has 120 valence electrons. The second-order valence-corrected chi connectivity index (χ2v) is 6.90. The Kier molecular flexibility index (Phi) is 5.19. The van der Waals surface area contributed by atoms with Gasteiger partial charge in [-0.05, 0) is 70.3 Å². The summed E-state index contributed by atoms with van der Waals surface area (Å²) < 4.78 is 0. The molecule has 22 heavy (non-hydrogen) atoms. The van der Waals surface area contributed by atoms with E-state index in [9.17, 15) is 9.59 Å². The smallest absolute Gasteiger partial charge is 0.251 e. The average Bonchev–Trinajstić information content (AvgIpc) is 3.21. The molecule has 0 aromatic heterocycles. The van der Waals surface area contributed by atoms with E-state index in [4.69, 9.17) is 0 Å². The predicted molar refractivity (Wildman–Crippen MR) is 87.9 cm³/mol. The van der Waals surface area contributed by atoms with Gasteiger partial charge in [0.2, 0.25) is 5.91 Å². The molecule has 1 aliphatic rings. The second-order valence-electron chi connectivity index (χ2n) is 6.90. The number of rotatable bonds is 6. The monoisotopic (exact) mass is 303 g/mol. The van der Waals surface area contributed by atoms with Crippen LogP contribution in [-0.4, -0.2) is 30.4 Å². The van der Waals surface area contributed by atoms with E-state index in [0.29, 0.717) is 17.8 Å². The molecule has 1 fully saturated rings. The summed E-state index contributed by atoms with van der Waals surface area (Å²) in [5.74, 6) is 0.581. The normalized spacial score (nSPS) is 14.5. The molecule has 1 aromatic rings. The fraction of sp³-hybridized carbons (Fsp3) is 0.529. The van der Waals surface area contributed by atoms with Crippen LogP contribution in [0.3, 0.4) is 0 Å². The van der Waals surface area contributed by atoms with Gasteiger partial charge in [-0.2, -0.15) is 0 Å². The van der Waals surface area contributed by atoms with Crippen LogP contribution in [0.5, 0.6) is 0 Å². The lowest BCUT2D eigenvalue weighted by Crippen LogP contribution is -2.40. The van der Waals surface area contributed by atoms with Gasteiger partial charge in [-0.3, -0.25) is 9.59 Å². The molecule has 1 aliphatic carbocycles. The summed E-state index contributed by atoms with van der Waals surface area (Å²) in [4.78, 5) is 23.8. The molecule has 5 nitrogen and oxygen atoms in total. The molecule has 0 spiro atoms. The fourth-order valence-electron chi connectivity index (χ4n) is 2.03. The number of carbonyl (C=O) groups is 2. The molecular weight excluding hydrogens is 278 g/mol. The van der Waals surface area contributed by atoms with Gasteiger partial charge in [-0.1, -0.05) is 0 Å². The van der Waals surface area contributed by atoms with Gasteiger partial charge >= 0.3 is 0 Å².